The van der Waals surface area contributed by atoms with Gasteiger partial charge in [-0.2, -0.15) is 0 Å². The van der Waals surface area contributed by atoms with Crippen LogP contribution < -0.4 is 11.1 Å². The Hall–Kier alpha value is -0.650. The molecule has 17 heavy (non-hydrogen) atoms. The average molecular weight is 246 g/mol. The number of nitrogens with one attached hydrogen (secondary N) is 1. The molecule has 0 radical (unpaired) electrons. The van der Waals surface area contributed by atoms with E-state index in [1.807, 2.05) is 0 Å². The van der Waals surface area contributed by atoms with Crippen LogP contribution in [0.15, 0.2) is 0 Å². The molecule has 0 aromatic carbocycles. The Morgan fingerprint density at radius 1 is 1.53 bits per heavy atom. The summed E-state index contributed by atoms with van der Waals surface area (Å²) in [6.07, 6.45) is 1.55. The van der Waals surface area contributed by atoms with E-state index in [9.17, 15) is 9.90 Å². The number of aliphatic hydroxyl groups excluding tert-OH is 1. The highest BCUT2D eigenvalue weighted by Gasteiger charge is 2.24. The summed E-state index contributed by atoms with van der Waals surface area (Å²) >= 11 is 0. The van der Waals surface area contributed by atoms with Crippen molar-refractivity contribution in [3.8, 4) is 0 Å². The summed E-state index contributed by atoms with van der Waals surface area (Å²) in [5, 5.41) is 12.6. The first-order chi connectivity index (χ1) is 7.90. The van der Waals surface area contributed by atoms with Crippen LogP contribution in [0.3, 0.4) is 0 Å². The summed E-state index contributed by atoms with van der Waals surface area (Å²) in [5.74, 6) is -0.348. The van der Waals surface area contributed by atoms with Crippen molar-refractivity contribution in [2.24, 2.45) is 11.1 Å². The van der Waals surface area contributed by atoms with Crippen molar-refractivity contribution in [2.75, 3.05) is 26.3 Å². The van der Waals surface area contributed by atoms with Crippen molar-refractivity contribution < 1.29 is 14.6 Å². The van der Waals surface area contributed by atoms with Gasteiger partial charge in [-0.25, -0.2) is 0 Å². The van der Waals surface area contributed by atoms with E-state index in [-0.39, 0.29) is 5.91 Å². The molecule has 0 rings (SSSR count). The highest BCUT2D eigenvalue weighted by molar-refractivity contribution is 5.80. The first-order valence-electron chi connectivity index (χ1n) is 6.16. The van der Waals surface area contributed by atoms with Crippen molar-refractivity contribution in [1.82, 2.24) is 5.32 Å². The molecular formula is C12H26N2O3. The summed E-state index contributed by atoms with van der Waals surface area (Å²) in [6.45, 7) is 7.49. The van der Waals surface area contributed by atoms with E-state index >= 15 is 0 Å². The Kier molecular flexibility index (Phi) is 8.12. The number of carbonyl (C=O) groups excluding carboxylic acids is 1. The minimum absolute atomic E-state index is 0.323. The summed E-state index contributed by atoms with van der Waals surface area (Å²) in [5.41, 5.74) is 4.64. The SMILES string of the molecule is CCCCOCC(O)CNCC(C)(C)C(N)=O. The molecule has 5 heteroatoms. The van der Waals surface area contributed by atoms with Crippen molar-refractivity contribution in [1.29, 1.82) is 0 Å². The number of aliphatic hydroxyl groups is 1. The van der Waals surface area contributed by atoms with E-state index < -0.39 is 11.5 Å². The van der Waals surface area contributed by atoms with Gasteiger partial charge < -0.3 is 20.9 Å². The molecule has 1 unspecified atom stereocenters. The molecule has 0 aromatic rings. The van der Waals surface area contributed by atoms with E-state index in [4.69, 9.17) is 10.5 Å². The lowest BCUT2D eigenvalue weighted by atomic mass is 9.93. The van der Waals surface area contributed by atoms with Gasteiger partial charge >= 0.3 is 0 Å². The molecule has 0 spiro atoms. The zero-order valence-corrected chi connectivity index (χ0v) is 11.2. The summed E-state index contributed by atoms with van der Waals surface area (Å²) < 4.78 is 5.28. The third-order valence-corrected chi connectivity index (χ3v) is 2.57. The second-order valence-electron chi connectivity index (χ2n) is 4.96. The van der Waals surface area contributed by atoms with Gasteiger partial charge in [-0.05, 0) is 20.3 Å². The van der Waals surface area contributed by atoms with Gasteiger partial charge in [0.25, 0.3) is 0 Å². The average Bonchev–Trinajstić information content (AvgIpc) is 2.24. The van der Waals surface area contributed by atoms with Crippen LogP contribution in [0.5, 0.6) is 0 Å². The molecule has 0 fully saturated rings. The van der Waals surface area contributed by atoms with Crippen molar-refractivity contribution in [3.05, 3.63) is 0 Å². The first-order valence-corrected chi connectivity index (χ1v) is 6.16. The fraction of sp³-hybridized carbons (Fsp3) is 0.917. The zero-order chi connectivity index (χ0) is 13.3. The minimum Gasteiger partial charge on any atom is -0.389 e. The predicted molar refractivity (Wildman–Crippen MR) is 67.6 cm³/mol. The second-order valence-corrected chi connectivity index (χ2v) is 4.96. The van der Waals surface area contributed by atoms with E-state index in [0.717, 1.165) is 12.8 Å². The van der Waals surface area contributed by atoms with Gasteiger partial charge in [0.2, 0.25) is 5.91 Å². The van der Waals surface area contributed by atoms with Gasteiger partial charge in [0.1, 0.15) is 0 Å². The maximum absolute atomic E-state index is 11.0. The van der Waals surface area contributed by atoms with Crippen LogP contribution in [-0.4, -0.2) is 43.4 Å². The number of rotatable bonds is 10. The second kappa shape index (κ2) is 8.44. The molecule has 0 aliphatic carbocycles. The highest BCUT2D eigenvalue weighted by atomic mass is 16.5. The van der Waals surface area contributed by atoms with Crippen molar-refractivity contribution in [2.45, 2.75) is 39.7 Å². The van der Waals surface area contributed by atoms with Crippen LogP contribution in [0, 0.1) is 5.41 Å². The van der Waals surface area contributed by atoms with E-state index in [2.05, 4.69) is 12.2 Å². The molecule has 4 N–H and O–H groups in total. The lowest BCUT2D eigenvalue weighted by molar-refractivity contribution is -0.125. The highest BCUT2D eigenvalue weighted by Crippen LogP contribution is 2.11. The van der Waals surface area contributed by atoms with Crippen LogP contribution in [0.1, 0.15) is 33.6 Å². The van der Waals surface area contributed by atoms with Gasteiger partial charge in [0, 0.05) is 19.7 Å². The number of carbonyl (C=O) groups is 1. The number of nitrogens with two attached hydrogens (primary N) is 1. The normalized spacial score (nSPS) is 13.6. The van der Waals surface area contributed by atoms with Gasteiger partial charge in [-0.1, -0.05) is 13.3 Å². The maximum Gasteiger partial charge on any atom is 0.224 e. The van der Waals surface area contributed by atoms with Crippen LogP contribution in [0.4, 0.5) is 0 Å². The summed E-state index contributed by atoms with van der Waals surface area (Å²) in [6, 6.07) is 0. The van der Waals surface area contributed by atoms with Crippen LogP contribution in [-0.2, 0) is 9.53 Å². The number of primary amides is 1. The molecule has 0 aromatic heterocycles. The smallest absolute Gasteiger partial charge is 0.224 e. The Morgan fingerprint density at radius 3 is 2.71 bits per heavy atom. The lowest BCUT2D eigenvalue weighted by Crippen LogP contribution is -2.43. The third kappa shape index (κ3) is 8.12. The number of hydrogen-bond donors (Lipinski definition) is 3. The Balaban J connectivity index is 3.57. The fourth-order valence-electron chi connectivity index (χ4n) is 1.16. The first kappa shape index (κ1) is 16.4. The number of unbranched alkanes of at least 4 members (excludes halogenated alkanes) is 1. The predicted octanol–water partition coefficient (Wildman–Crippen LogP) is 0.265. The largest absolute Gasteiger partial charge is 0.389 e. The Bertz CT molecular complexity index is 220. The molecular weight excluding hydrogens is 220 g/mol. The van der Waals surface area contributed by atoms with Gasteiger partial charge in [0.15, 0.2) is 0 Å². The van der Waals surface area contributed by atoms with Crippen LogP contribution in [0.25, 0.3) is 0 Å². The summed E-state index contributed by atoms with van der Waals surface area (Å²) in [4.78, 5) is 11.0. The third-order valence-electron chi connectivity index (χ3n) is 2.57. The lowest BCUT2D eigenvalue weighted by Gasteiger charge is -2.22. The minimum atomic E-state index is -0.594. The molecule has 0 saturated heterocycles. The summed E-state index contributed by atoms with van der Waals surface area (Å²) in [7, 11) is 0. The molecule has 102 valence electrons. The molecule has 0 bridgehead atoms. The molecule has 1 atom stereocenters. The van der Waals surface area contributed by atoms with Crippen LogP contribution >= 0.6 is 0 Å². The number of ether oxygens (including phenoxy) is 1. The Labute approximate surface area is 104 Å². The molecule has 1 amide bonds. The molecule has 0 aliphatic rings. The van der Waals surface area contributed by atoms with Gasteiger partial charge in [0.05, 0.1) is 18.1 Å². The molecule has 5 nitrogen and oxygen atoms in total. The fourth-order valence-corrected chi connectivity index (χ4v) is 1.16. The molecule has 0 saturated carbocycles. The monoisotopic (exact) mass is 246 g/mol. The number of amides is 1. The van der Waals surface area contributed by atoms with Crippen LogP contribution in [0.2, 0.25) is 0 Å². The topological polar surface area (TPSA) is 84.6 Å². The van der Waals surface area contributed by atoms with Crippen molar-refractivity contribution >= 4 is 5.91 Å². The van der Waals surface area contributed by atoms with Gasteiger partial charge in [-0.3, -0.25) is 4.79 Å². The Morgan fingerprint density at radius 2 is 2.18 bits per heavy atom. The quantitative estimate of drug-likeness (QED) is 0.483. The maximum atomic E-state index is 11.0. The molecule has 0 heterocycles. The number of hydrogen-bond acceptors (Lipinski definition) is 4. The van der Waals surface area contributed by atoms with E-state index in [1.54, 1.807) is 13.8 Å². The molecule has 0 aliphatic heterocycles. The van der Waals surface area contributed by atoms with E-state index in [1.165, 1.54) is 0 Å². The zero-order valence-electron chi connectivity index (χ0n) is 11.2. The van der Waals surface area contributed by atoms with E-state index in [0.29, 0.717) is 26.3 Å². The standard InChI is InChI=1S/C12H26N2O3/c1-4-5-6-17-8-10(15)7-14-9-12(2,3)11(13)16/h10,14-15H,4-9H2,1-3H3,(H2,13,16). The van der Waals surface area contributed by atoms with Gasteiger partial charge in [-0.15, -0.1) is 0 Å². The van der Waals surface area contributed by atoms with Crippen molar-refractivity contribution in [3.63, 3.8) is 0 Å².